The van der Waals surface area contributed by atoms with Crippen LogP contribution in [0.2, 0.25) is 0 Å². The van der Waals surface area contributed by atoms with Gasteiger partial charge >= 0.3 is 36.2 Å². The van der Waals surface area contributed by atoms with E-state index in [0.29, 0.717) is 78.6 Å². The highest BCUT2D eigenvalue weighted by atomic mass is 16.6. The molecule has 0 aliphatic carbocycles. The van der Waals surface area contributed by atoms with Crippen LogP contribution in [0.15, 0.2) is 54.6 Å². The van der Waals surface area contributed by atoms with Crippen LogP contribution in [-0.2, 0) is 47.6 Å². The molecule has 1 N–H and O–H groups in total. The van der Waals surface area contributed by atoms with Gasteiger partial charge in [-0.2, -0.15) is 0 Å². The molecule has 27 heteroatoms. The number of pyridine rings is 3. The maximum atomic E-state index is 13.5. The highest BCUT2D eigenvalue weighted by Crippen LogP contribution is 2.47. The van der Waals surface area contributed by atoms with Gasteiger partial charge in [0.15, 0.2) is 34.6 Å². The van der Waals surface area contributed by atoms with Crippen molar-refractivity contribution in [1.82, 2.24) is 29.7 Å². The van der Waals surface area contributed by atoms with Gasteiger partial charge in [-0.05, 0) is 145 Å². The Labute approximate surface area is 572 Å². The van der Waals surface area contributed by atoms with Gasteiger partial charge in [0, 0.05) is 35.4 Å². The quantitative estimate of drug-likeness (QED) is 0.0920. The van der Waals surface area contributed by atoms with E-state index in [2.05, 4.69) is 19.7 Å². The lowest BCUT2D eigenvalue weighted by Crippen LogP contribution is -2.47. The molecular formula is C72H86N6O21. The molecule has 0 radical (unpaired) electrons. The third-order valence-electron chi connectivity index (χ3n) is 16.7. The van der Waals surface area contributed by atoms with Gasteiger partial charge in [-0.25, -0.2) is 43.7 Å². The molecule has 99 heavy (non-hydrogen) atoms. The second kappa shape index (κ2) is 28.7. The number of amides is 3. The number of nitrogens with zero attached hydrogens (tertiary/aromatic N) is 6. The van der Waals surface area contributed by atoms with Crippen molar-refractivity contribution in [3.05, 3.63) is 93.9 Å². The van der Waals surface area contributed by atoms with Crippen LogP contribution >= 0.6 is 0 Å². The minimum Gasteiger partial charge on any atom is -0.505 e. The first-order valence-electron chi connectivity index (χ1n) is 31.9. The Hall–Kier alpha value is -10.2. The number of methoxy groups -OCH3 is 5. The maximum absolute atomic E-state index is 13.5. The van der Waals surface area contributed by atoms with E-state index in [4.69, 9.17) is 42.6 Å². The third-order valence-corrected chi connectivity index (χ3v) is 16.7. The number of Topliss-reactive ketones (excluding diaryl/α,β-unsaturated/α-hetero) is 4. The Morgan fingerprint density at radius 1 is 0.515 bits per heavy atom. The van der Waals surface area contributed by atoms with Crippen molar-refractivity contribution in [2.75, 3.05) is 55.2 Å². The molecule has 3 fully saturated rings. The first-order valence-corrected chi connectivity index (χ1v) is 31.9. The molecule has 3 aromatic heterocycles. The molecule has 3 aromatic carbocycles. The summed E-state index contributed by atoms with van der Waals surface area (Å²) in [6.07, 6.45) is -1.76. The van der Waals surface area contributed by atoms with Gasteiger partial charge < -0.3 is 52.5 Å². The fourth-order valence-corrected chi connectivity index (χ4v) is 12.4. The number of ether oxygens (including phenoxy) is 10. The molecule has 6 aromatic rings. The van der Waals surface area contributed by atoms with Gasteiger partial charge in [0.25, 0.3) is 0 Å². The lowest BCUT2D eigenvalue weighted by atomic mass is 9.86. The second-order valence-electron chi connectivity index (χ2n) is 27.9. The van der Waals surface area contributed by atoms with Crippen molar-refractivity contribution in [2.24, 2.45) is 0 Å². The molecule has 5 atom stereocenters. The molecule has 0 bridgehead atoms. The summed E-state index contributed by atoms with van der Waals surface area (Å²) in [5.41, 5.74) is 1.62. The molecule has 3 saturated heterocycles. The second-order valence-corrected chi connectivity index (χ2v) is 27.9. The van der Waals surface area contributed by atoms with E-state index in [1.165, 1.54) is 38.1 Å². The van der Waals surface area contributed by atoms with E-state index in [-0.39, 0.29) is 80.6 Å². The van der Waals surface area contributed by atoms with Crippen molar-refractivity contribution in [3.63, 3.8) is 0 Å². The van der Waals surface area contributed by atoms with Gasteiger partial charge in [0.2, 0.25) is 0 Å². The average Bonchev–Trinajstić information content (AvgIpc) is 1.70. The molecular weight excluding hydrogens is 1280 g/mol. The van der Waals surface area contributed by atoms with E-state index in [1.807, 2.05) is 25.1 Å². The number of aromatic nitrogens is 3. The summed E-state index contributed by atoms with van der Waals surface area (Å²) in [5.74, 6) is -0.447. The highest BCUT2D eigenvalue weighted by Gasteiger charge is 2.57. The Balaban J connectivity index is 0.000000177. The van der Waals surface area contributed by atoms with Crippen molar-refractivity contribution >= 4 is 92.0 Å². The summed E-state index contributed by atoms with van der Waals surface area (Å²) in [4.78, 5) is 141. The number of esters is 3. The Kier molecular flexibility index (Phi) is 21.6. The largest absolute Gasteiger partial charge is 0.505 e. The predicted octanol–water partition coefficient (Wildman–Crippen LogP) is 10.4. The first kappa shape index (κ1) is 74.6. The van der Waals surface area contributed by atoms with E-state index in [9.17, 15) is 53.1 Å². The smallest absolute Gasteiger partial charge is 0.411 e. The summed E-state index contributed by atoms with van der Waals surface area (Å²) in [6, 6.07) is 13.7. The van der Waals surface area contributed by atoms with Crippen molar-refractivity contribution in [3.8, 4) is 28.7 Å². The van der Waals surface area contributed by atoms with Crippen molar-refractivity contribution in [1.29, 1.82) is 0 Å². The maximum Gasteiger partial charge on any atom is 0.411 e. The number of hydrogen-bond acceptors (Lipinski definition) is 24. The van der Waals surface area contributed by atoms with Crippen LogP contribution in [0.4, 0.5) is 14.4 Å². The van der Waals surface area contributed by atoms with Crippen LogP contribution in [0.1, 0.15) is 155 Å². The van der Waals surface area contributed by atoms with E-state index in [0.717, 1.165) is 21.4 Å². The number of rotatable bonds is 6. The Morgan fingerprint density at radius 2 is 0.889 bits per heavy atom. The summed E-state index contributed by atoms with van der Waals surface area (Å²) in [6.45, 7) is 24.2. The number of fused-ring (bicyclic) bond motifs is 7. The van der Waals surface area contributed by atoms with Gasteiger partial charge in [0.05, 0.1) is 118 Å². The zero-order chi connectivity index (χ0) is 73.3. The van der Waals surface area contributed by atoms with Gasteiger partial charge in [-0.3, -0.25) is 33.9 Å². The van der Waals surface area contributed by atoms with Crippen LogP contribution in [0.5, 0.6) is 28.7 Å². The lowest BCUT2D eigenvalue weighted by molar-refractivity contribution is -0.146. The number of hydrogen-bond donors (Lipinski definition) is 1. The van der Waals surface area contributed by atoms with Gasteiger partial charge in [-0.1, -0.05) is 11.6 Å². The van der Waals surface area contributed by atoms with E-state index >= 15 is 0 Å². The van der Waals surface area contributed by atoms with Gasteiger partial charge in [0.1, 0.15) is 63.4 Å². The molecule has 3 amide bonds. The zero-order valence-electron chi connectivity index (χ0n) is 59.4. The normalized spacial score (nSPS) is 20.0. The molecule has 11 rings (SSSR count). The number of likely N-dealkylation sites (tertiary alicyclic amines) is 3. The first-order chi connectivity index (χ1) is 46.2. The molecule has 5 aliphatic rings. The summed E-state index contributed by atoms with van der Waals surface area (Å²) in [7, 11) is 6.85. The minimum absolute atomic E-state index is 0.00253. The van der Waals surface area contributed by atoms with Crippen LogP contribution in [0, 0.1) is 27.7 Å². The fourth-order valence-electron chi connectivity index (χ4n) is 12.4. The number of ketones is 4. The number of carbonyl (C=O) groups is 10. The molecule has 8 heterocycles. The van der Waals surface area contributed by atoms with Crippen LogP contribution < -0.4 is 18.9 Å². The number of aromatic hydroxyl groups is 1. The lowest BCUT2D eigenvalue weighted by Gasteiger charge is -2.35. The van der Waals surface area contributed by atoms with Crippen LogP contribution in [-0.4, -0.2) is 195 Å². The summed E-state index contributed by atoms with van der Waals surface area (Å²) >= 11 is 0. The SMILES string of the molecule is CC(=O)c1c(O)c(C)nc2ccc(C)cc12.COC(=O)[C@@H]1CC(=O)CN1C(=O)OC(C)(C)C.COC(=O)[C@@H]1C[C@@]2(CC(=O)c3c(c(C)nc4ccc(OC)cc34)O2)CN1C(=O)OC(C)(C)C.COC(=O)[C@@H]1C[C@]2(CC(=O)c3c(c(C)nc4ccc(OC)cc34)O2)CN1C(=O)OC(C)(C)C. The summed E-state index contributed by atoms with van der Waals surface area (Å²) < 4.78 is 54.0. The molecule has 2 spiro atoms. The van der Waals surface area contributed by atoms with Crippen molar-refractivity contribution in [2.45, 2.75) is 175 Å². The van der Waals surface area contributed by atoms with Crippen molar-refractivity contribution < 1.29 is 100 Å². The summed E-state index contributed by atoms with van der Waals surface area (Å²) in [5, 5.41) is 11.9. The average molecular weight is 1370 g/mol. The van der Waals surface area contributed by atoms with Crippen LogP contribution in [0.3, 0.4) is 0 Å². The van der Waals surface area contributed by atoms with E-state index in [1.54, 1.807) is 134 Å². The third kappa shape index (κ3) is 16.5. The molecule has 27 nitrogen and oxygen atoms in total. The predicted molar refractivity (Wildman–Crippen MR) is 359 cm³/mol. The number of aryl methyl sites for hydroxylation is 4. The molecule has 5 aliphatic heterocycles. The Morgan fingerprint density at radius 3 is 1.27 bits per heavy atom. The zero-order valence-corrected chi connectivity index (χ0v) is 59.4. The monoisotopic (exact) mass is 1370 g/mol. The molecule has 0 unspecified atom stereocenters. The Bertz CT molecular complexity index is 4080. The fraction of sp³-hybridized carbons (Fsp3) is 0.486. The molecule has 0 saturated carbocycles. The number of benzene rings is 3. The van der Waals surface area contributed by atoms with Gasteiger partial charge in [-0.15, -0.1) is 0 Å². The standard InChI is InChI=1S/2C24H28N2O7.C13H13NO2.C11H17NO5/c2*1-13-20-19(15-9-14(30-5)7-8-16(15)25-13)18(27)11-24(32-20)10-17(21(28)31-6)26(12-24)22(29)33-23(2,3)4;1-7-4-5-11-10(6-7)12(9(3)15)13(16)8(2)14-11;1-11(2,3)17-10(15)12-6-7(13)5-8(12)9(14)16-4/h2*7-9,17H,10-12H2,1-6H3;4-6,16H,1-3H3;8H,5-6H2,1-4H3/t17-,24+;17-,24-;;8-/m00.0/s1. The number of carbonyl (C=O) groups excluding carboxylic acids is 10. The topological polar surface area (TPSA) is 332 Å². The molecule has 530 valence electrons. The minimum atomic E-state index is -1.08. The van der Waals surface area contributed by atoms with E-state index < -0.39 is 82.3 Å². The highest BCUT2D eigenvalue weighted by molar-refractivity contribution is 6.13. The van der Waals surface area contributed by atoms with Crippen LogP contribution in [0.25, 0.3) is 32.7 Å².